The van der Waals surface area contributed by atoms with Crippen LogP contribution in [0.5, 0.6) is 0 Å². The zero-order valence-corrected chi connectivity index (χ0v) is 61.5. The molecular weight excluding hydrogens is 1300 g/mol. The van der Waals surface area contributed by atoms with Crippen LogP contribution in [-0.4, -0.2) is 186 Å². The summed E-state index contributed by atoms with van der Waals surface area (Å²) in [5, 5.41) is 72.8. The Hall–Kier alpha value is -2.26. The van der Waals surface area contributed by atoms with E-state index in [-0.39, 0.29) is 25.7 Å². The second kappa shape index (κ2) is 55.3. The van der Waals surface area contributed by atoms with E-state index in [1.807, 2.05) is 0 Å². The molecule has 2 rings (SSSR count). The van der Waals surface area contributed by atoms with Crippen LogP contribution in [0.1, 0.15) is 310 Å². The van der Waals surface area contributed by atoms with Crippen LogP contribution in [-0.2, 0) is 61.3 Å². The summed E-state index contributed by atoms with van der Waals surface area (Å²) in [5.41, 5.74) is 0. The summed E-state index contributed by atoms with van der Waals surface area (Å²) in [5.74, 6) is -3.77. The van der Waals surface area contributed by atoms with Gasteiger partial charge in [-0.2, -0.15) is 0 Å². The molecule has 25 nitrogen and oxygen atoms in total. The molecule has 2 aliphatic rings. The second-order valence-corrected chi connectivity index (χ2v) is 30.4. The van der Waals surface area contributed by atoms with E-state index < -0.39 is 177 Å². The van der Waals surface area contributed by atoms with Crippen LogP contribution in [0.15, 0.2) is 0 Å². The molecule has 0 aromatic rings. The Morgan fingerprint density at radius 1 is 0.423 bits per heavy atom. The molecule has 0 spiro atoms. The molecule has 0 saturated carbocycles. The number of aliphatic hydroxyl groups is 6. The van der Waals surface area contributed by atoms with Crippen molar-refractivity contribution in [1.82, 2.24) is 10.6 Å². The summed E-state index contributed by atoms with van der Waals surface area (Å²) in [7, 11) is -10.3. The summed E-state index contributed by atoms with van der Waals surface area (Å²) in [6.07, 6.45) is 14.7. The summed E-state index contributed by atoms with van der Waals surface area (Å²) < 4.78 is 66.3. The molecule has 0 bridgehead atoms. The molecule has 0 unspecified atom stereocenters. The lowest BCUT2D eigenvalue weighted by Gasteiger charge is -2.47. The van der Waals surface area contributed by atoms with E-state index in [4.69, 9.17) is 32.9 Å². The number of unbranched alkanes of at least 4 members (excludes halogenated alkanes) is 32. The quantitative estimate of drug-likeness (QED) is 0.0153. The number of phosphoric acid groups is 1. The Balaban J connectivity index is 2.58. The van der Waals surface area contributed by atoms with Crippen molar-refractivity contribution >= 4 is 39.2 Å². The second-order valence-electron chi connectivity index (χ2n) is 27.4. The van der Waals surface area contributed by atoms with Crippen molar-refractivity contribution in [2.75, 3.05) is 26.0 Å². The lowest BCUT2D eigenvalue weighted by atomic mass is 9.95. The molecule has 97 heavy (non-hydrogen) atoms. The molecule has 2 heterocycles. The number of carbonyl (C=O) groups excluding carboxylic acids is 4. The van der Waals surface area contributed by atoms with E-state index in [0.29, 0.717) is 25.7 Å². The number of phosphoric ester groups is 1. The molecule has 12 N–H and O–H groups in total. The molecule has 2 fully saturated rings. The van der Waals surface area contributed by atoms with Crippen LogP contribution < -0.4 is 10.6 Å². The van der Waals surface area contributed by atoms with Crippen molar-refractivity contribution in [3.63, 3.8) is 0 Å². The minimum Gasteiger partial charge on any atom is -0.457 e. The van der Waals surface area contributed by atoms with Crippen LogP contribution in [0, 0.1) is 0 Å². The number of aliphatic hydroxyl groups excluding tert-OH is 6. The van der Waals surface area contributed by atoms with Gasteiger partial charge in [0.1, 0.15) is 36.5 Å². The third-order valence-corrected chi connectivity index (χ3v) is 19.5. The fraction of sp³-hybridized carbons (Fsp3) is 0.943. The maximum absolute atomic E-state index is 14.1. The molecule has 14 atom stereocenters. The molecule has 0 radical (unpaired) electrons. The molecule has 2 saturated heterocycles. The third-order valence-electron chi connectivity index (χ3n) is 18.2. The zero-order chi connectivity index (χ0) is 71.7. The molecule has 0 aromatic heterocycles. The van der Waals surface area contributed by atoms with Gasteiger partial charge in [0, 0.05) is 0 Å². The highest BCUT2D eigenvalue weighted by Gasteiger charge is 2.54. The van der Waals surface area contributed by atoms with Gasteiger partial charge in [-0.05, 0) is 25.7 Å². The van der Waals surface area contributed by atoms with Gasteiger partial charge >= 0.3 is 27.4 Å². The molecule has 0 aromatic carbocycles. The van der Waals surface area contributed by atoms with E-state index in [0.717, 1.165) is 154 Å². The minimum atomic E-state index is -5.55. The van der Waals surface area contributed by atoms with Gasteiger partial charge in [-0.15, -0.1) is 0 Å². The molecule has 27 heteroatoms. The van der Waals surface area contributed by atoms with Crippen molar-refractivity contribution in [3.05, 3.63) is 0 Å². The number of hydrogen-bond acceptors (Lipinski definition) is 19. The Labute approximate surface area is 580 Å². The van der Waals surface area contributed by atoms with E-state index >= 15 is 0 Å². The highest BCUT2D eigenvalue weighted by molar-refractivity contribution is 7.51. The minimum absolute atomic E-state index is 0.207. The van der Waals surface area contributed by atoms with Crippen LogP contribution in [0.3, 0.4) is 0 Å². The lowest BCUT2D eigenvalue weighted by molar-refractivity contribution is -0.304. The maximum Gasteiger partial charge on any atom is 0.470 e. The summed E-state index contributed by atoms with van der Waals surface area (Å²) in [6, 6.07) is -3.45. The van der Waals surface area contributed by atoms with Gasteiger partial charge in [-0.3, -0.25) is 28.3 Å². The van der Waals surface area contributed by atoms with E-state index in [2.05, 4.69) is 38.3 Å². The number of nitrogens with one attached hydrogen (secondary N) is 2. The average Bonchev–Trinajstić information content (AvgIpc) is 0.787. The SMILES string of the molecule is CCCCCCCCCCC[C@@H](O)CC(=O)N[C@H]1[C@H](OC[C@H]2O[C@@H](OCCP(=O)(O)O)[C@H](NC(=O)C[C@H](O)CCCCCCCCCCC)[C@@H](OC(=O)C[C@H](O)CCCCCCCCCCC)[C@@H]2O)O[C@H](CO)[C@@H](OP(=O)(O)O)[C@@H]1OC(=O)C[C@H](O)CCCCCCCCCCC. The van der Waals surface area contributed by atoms with E-state index in [1.165, 1.54) is 51.4 Å². The first-order valence-corrected chi connectivity index (χ1v) is 41.1. The van der Waals surface area contributed by atoms with Crippen LogP contribution >= 0.6 is 15.4 Å². The first-order valence-electron chi connectivity index (χ1n) is 37.8. The first kappa shape index (κ1) is 90.8. The molecular formula is C70H134N2O23P2. The fourth-order valence-electron chi connectivity index (χ4n) is 12.6. The van der Waals surface area contributed by atoms with Gasteiger partial charge < -0.3 is 89.3 Å². The molecule has 0 aliphatic carbocycles. The number of hydrogen-bond donors (Lipinski definition) is 12. The Bertz CT molecular complexity index is 2110. The van der Waals surface area contributed by atoms with Crippen LogP contribution in [0.25, 0.3) is 0 Å². The smallest absolute Gasteiger partial charge is 0.457 e. The summed E-state index contributed by atoms with van der Waals surface area (Å²) in [6.45, 7) is 5.99. The van der Waals surface area contributed by atoms with Gasteiger partial charge in [-0.25, -0.2) is 4.57 Å². The van der Waals surface area contributed by atoms with E-state index in [9.17, 15) is 78.5 Å². The van der Waals surface area contributed by atoms with Gasteiger partial charge in [-0.1, -0.05) is 259 Å². The largest absolute Gasteiger partial charge is 0.470 e. The number of ether oxygens (including phenoxy) is 6. The standard InChI is InChI=1S/C70H134N2O23P2/c1-5-9-13-17-21-25-29-33-37-41-53(74)47-59(78)71-63-67(93-61(80)49-55(76)43-39-35-31-27-23-19-15-11-7-3)65(82)58(92-69(63)89-45-46-96(83,84)85)52-90-70-64(72-60(79)48-54(75)42-38-34-30-26-22-18-14-10-6-2)68(66(57(51-73)91-70)95-97(86,87)88)94-62(81)50-56(77)44-40-36-32-28-24-20-16-12-8-4/h53-58,63-70,73-77,82H,5-52H2,1-4H3,(H,71,78)(H,72,79)(H2,83,84,85)(H2,86,87,88)/t53-,54-,55-,56-,57-,58-,63-,64-,65-,66-,67-,68-,69-,70-/m1/s1. The number of amides is 2. The molecule has 572 valence electrons. The van der Waals surface area contributed by atoms with Crippen molar-refractivity contribution in [2.45, 2.75) is 396 Å². The number of esters is 2. The average molecular weight is 1430 g/mol. The Morgan fingerprint density at radius 2 is 0.732 bits per heavy atom. The number of rotatable bonds is 62. The Morgan fingerprint density at radius 3 is 1.07 bits per heavy atom. The fourth-order valence-corrected chi connectivity index (χ4v) is 13.5. The highest BCUT2D eigenvalue weighted by Crippen LogP contribution is 2.43. The van der Waals surface area contributed by atoms with Gasteiger partial charge in [0.2, 0.25) is 11.8 Å². The highest BCUT2D eigenvalue weighted by atomic mass is 31.2. The lowest BCUT2D eigenvalue weighted by Crippen LogP contribution is -2.68. The van der Waals surface area contributed by atoms with Crippen molar-refractivity contribution in [3.8, 4) is 0 Å². The predicted molar refractivity (Wildman–Crippen MR) is 370 cm³/mol. The van der Waals surface area contributed by atoms with E-state index in [1.54, 1.807) is 0 Å². The van der Waals surface area contributed by atoms with Gasteiger partial charge in [0.15, 0.2) is 24.8 Å². The monoisotopic (exact) mass is 1430 g/mol. The van der Waals surface area contributed by atoms with Crippen molar-refractivity contribution < 1.29 is 111 Å². The summed E-state index contributed by atoms with van der Waals surface area (Å²) in [4.78, 5) is 96.2. The Kier molecular flexibility index (Phi) is 51.8. The topological polar surface area (TPSA) is 393 Å². The molecule has 2 aliphatic heterocycles. The van der Waals surface area contributed by atoms with Crippen LogP contribution in [0.4, 0.5) is 0 Å². The first-order chi connectivity index (χ1) is 46.4. The van der Waals surface area contributed by atoms with Crippen molar-refractivity contribution in [1.29, 1.82) is 0 Å². The maximum atomic E-state index is 14.1. The van der Waals surface area contributed by atoms with Crippen LogP contribution in [0.2, 0.25) is 0 Å². The van der Waals surface area contributed by atoms with Crippen molar-refractivity contribution in [2.24, 2.45) is 0 Å². The van der Waals surface area contributed by atoms with Gasteiger partial charge in [0.25, 0.3) is 0 Å². The molecule has 2 amide bonds. The van der Waals surface area contributed by atoms with Gasteiger partial charge in [0.05, 0.1) is 76.1 Å². The summed E-state index contributed by atoms with van der Waals surface area (Å²) >= 11 is 0. The number of carbonyl (C=O) groups is 4. The third kappa shape index (κ3) is 44.8. The zero-order valence-electron chi connectivity index (χ0n) is 59.7. The normalized spacial score (nSPS) is 22.8. The predicted octanol–water partition coefficient (Wildman–Crippen LogP) is 11.0.